The van der Waals surface area contributed by atoms with E-state index in [0.717, 1.165) is 17.8 Å². The van der Waals surface area contributed by atoms with E-state index in [1.165, 1.54) is 37.7 Å². The summed E-state index contributed by atoms with van der Waals surface area (Å²) in [5.74, 6) is 1.07. The number of likely N-dealkylation sites (tertiary alicyclic amines) is 1. The molecule has 1 aliphatic rings. The van der Waals surface area contributed by atoms with Crippen molar-refractivity contribution in [2.24, 2.45) is 0 Å². The van der Waals surface area contributed by atoms with Gasteiger partial charge in [0.15, 0.2) is 11.5 Å². The minimum absolute atomic E-state index is 0.0473. The second kappa shape index (κ2) is 10.9. The van der Waals surface area contributed by atoms with E-state index in [1.54, 1.807) is 41.3 Å². The van der Waals surface area contributed by atoms with Gasteiger partial charge in [0.25, 0.3) is 5.69 Å². The lowest BCUT2D eigenvalue weighted by Crippen LogP contribution is -2.36. The summed E-state index contributed by atoms with van der Waals surface area (Å²) >= 11 is 7.91. The Kier molecular flexibility index (Phi) is 7.67. The lowest BCUT2D eigenvalue weighted by molar-refractivity contribution is -0.384. The maximum absolute atomic E-state index is 12.8. The van der Waals surface area contributed by atoms with Crippen LogP contribution in [0.2, 0.25) is 5.02 Å². The van der Waals surface area contributed by atoms with Gasteiger partial charge in [-0.3, -0.25) is 14.9 Å². The van der Waals surface area contributed by atoms with E-state index < -0.39 is 0 Å². The molecule has 4 rings (SSSR count). The first kappa shape index (κ1) is 24.7. The van der Waals surface area contributed by atoms with Crippen LogP contribution in [0.5, 0.6) is 11.5 Å². The van der Waals surface area contributed by atoms with Crippen LogP contribution < -0.4 is 9.47 Å². The zero-order valence-electron chi connectivity index (χ0n) is 19.3. The van der Waals surface area contributed by atoms with Gasteiger partial charge in [-0.25, -0.2) is 4.98 Å². The number of amides is 1. The number of thiazole rings is 1. The molecular weight excluding hydrogens is 490 g/mol. The number of hydrogen-bond acceptors (Lipinski definition) is 7. The van der Waals surface area contributed by atoms with Gasteiger partial charge >= 0.3 is 0 Å². The normalized spacial score (nSPS) is 14.3. The predicted octanol–water partition coefficient (Wildman–Crippen LogP) is 5.81. The summed E-state index contributed by atoms with van der Waals surface area (Å²) in [4.78, 5) is 30.2. The third-order valence-electron chi connectivity index (χ3n) is 5.97. The van der Waals surface area contributed by atoms with Gasteiger partial charge in [0.1, 0.15) is 0 Å². The van der Waals surface area contributed by atoms with E-state index in [0.29, 0.717) is 46.4 Å². The van der Waals surface area contributed by atoms with E-state index in [-0.39, 0.29) is 22.4 Å². The first-order chi connectivity index (χ1) is 16.9. The number of hydrogen-bond donors (Lipinski definition) is 0. The summed E-state index contributed by atoms with van der Waals surface area (Å²) in [5, 5.41) is 14.5. The monoisotopic (exact) mass is 513 g/mol. The number of carbonyl (C=O) groups excluding carboxylic acids is 1. The third-order valence-corrected chi connectivity index (χ3v) is 7.37. The van der Waals surface area contributed by atoms with E-state index >= 15 is 0 Å². The van der Waals surface area contributed by atoms with Crippen LogP contribution in [-0.4, -0.2) is 48.0 Å². The van der Waals surface area contributed by atoms with Crippen LogP contribution in [0, 0.1) is 10.1 Å². The van der Waals surface area contributed by atoms with Crippen LogP contribution in [0.1, 0.15) is 29.3 Å². The molecule has 10 heteroatoms. The quantitative estimate of drug-likeness (QED) is 0.225. The topological polar surface area (TPSA) is 94.8 Å². The SMILES string of the molecule is COc1ccc(/C=C/C(=O)N2CCC(c3nc(-c4ccccc4[N+](=O)[O-])cs3)CC2)c(Cl)c1OC. The first-order valence-electron chi connectivity index (χ1n) is 11.0. The summed E-state index contributed by atoms with van der Waals surface area (Å²) in [6, 6.07) is 10.1. The van der Waals surface area contributed by atoms with Crippen LogP contribution in [0.4, 0.5) is 5.69 Å². The number of aromatic nitrogens is 1. The van der Waals surface area contributed by atoms with Gasteiger partial charge in [0.05, 0.1) is 40.4 Å². The number of ether oxygens (including phenoxy) is 2. The predicted molar refractivity (Wildman–Crippen MR) is 136 cm³/mol. The van der Waals surface area contributed by atoms with Crippen molar-refractivity contribution in [2.75, 3.05) is 27.3 Å². The van der Waals surface area contributed by atoms with Crippen LogP contribution in [0.15, 0.2) is 47.9 Å². The molecular formula is C25H24ClN3O5S. The summed E-state index contributed by atoms with van der Waals surface area (Å²) < 4.78 is 10.5. The molecule has 0 aliphatic carbocycles. The number of nitrogens with zero attached hydrogens (tertiary/aromatic N) is 3. The highest BCUT2D eigenvalue weighted by molar-refractivity contribution is 7.10. The molecule has 0 N–H and O–H groups in total. The van der Waals surface area contributed by atoms with Crippen LogP contribution in [-0.2, 0) is 4.79 Å². The molecule has 2 aromatic carbocycles. The number of rotatable bonds is 7. The number of piperidine rings is 1. The molecule has 35 heavy (non-hydrogen) atoms. The molecule has 1 fully saturated rings. The van der Waals surface area contributed by atoms with Gasteiger partial charge in [-0.1, -0.05) is 23.7 Å². The Labute approximate surface area is 211 Å². The fraction of sp³-hybridized carbons (Fsp3) is 0.280. The Hall–Kier alpha value is -3.43. The van der Waals surface area contributed by atoms with E-state index in [9.17, 15) is 14.9 Å². The molecule has 0 saturated carbocycles. The zero-order chi connectivity index (χ0) is 24.9. The van der Waals surface area contributed by atoms with Crippen LogP contribution >= 0.6 is 22.9 Å². The molecule has 3 aromatic rings. The second-order valence-electron chi connectivity index (χ2n) is 7.98. The zero-order valence-corrected chi connectivity index (χ0v) is 20.8. The highest BCUT2D eigenvalue weighted by atomic mass is 35.5. The maximum Gasteiger partial charge on any atom is 0.278 e. The number of methoxy groups -OCH3 is 2. The highest BCUT2D eigenvalue weighted by Crippen LogP contribution is 2.38. The Bertz CT molecular complexity index is 1270. The minimum atomic E-state index is -0.388. The smallest absolute Gasteiger partial charge is 0.278 e. The van der Waals surface area contributed by atoms with Gasteiger partial charge in [-0.2, -0.15) is 0 Å². The Morgan fingerprint density at radius 2 is 1.94 bits per heavy atom. The fourth-order valence-corrected chi connectivity index (χ4v) is 5.38. The number of nitro groups is 1. The largest absolute Gasteiger partial charge is 0.493 e. The number of carbonyl (C=O) groups is 1. The van der Waals surface area contributed by atoms with Gasteiger partial charge < -0.3 is 14.4 Å². The van der Waals surface area contributed by atoms with E-state index in [2.05, 4.69) is 0 Å². The van der Waals surface area contributed by atoms with Gasteiger partial charge in [-0.15, -0.1) is 11.3 Å². The summed E-state index contributed by atoms with van der Waals surface area (Å²) in [7, 11) is 3.05. The highest BCUT2D eigenvalue weighted by Gasteiger charge is 2.26. The second-order valence-corrected chi connectivity index (χ2v) is 9.25. The molecule has 8 nitrogen and oxygen atoms in total. The summed E-state index contributed by atoms with van der Waals surface area (Å²) in [6.07, 6.45) is 4.75. The molecule has 1 amide bonds. The molecule has 1 aromatic heterocycles. The molecule has 0 unspecified atom stereocenters. The summed E-state index contributed by atoms with van der Waals surface area (Å²) in [6.45, 7) is 1.21. The van der Waals surface area contributed by atoms with Gasteiger partial charge in [0, 0.05) is 36.5 Å². The number of nitro benzene ring substituents is 1. The molecule has 0 radical (unpaired) electrons. The van der Waals surface area contributed by atoms with Gasteiger partial charge in [-0.05, 0) is 42.7 Å². The van der Waals surface area contributed by atoms with Gasteiger partial charge in [0.2, 0.25) is 5.91 Å². The van der Waals surface area contributed by atoms with E-state index in [4.69, 9.17) is 26.1 Å². The standard InChI is InChI=1S/C25H24ClN3O5S/c1-33-21-9-7-16(23(26)24(21)34-2)8-10-22(30)28-13-11-17(12-14-28)25-27-19(15-35-25)18-5-3-4-6-20(18)29(31)32/h3-10,15,17H,11-14H2,1-2H3/b10-8+. The van der Waals surface area contributed by atoms with Crippen molar-refractivity contribution in [3.05, 3.63) is 73.6 Å². The van der Waals surface area contributed by atoms with Crippen molar-refractivity contribution in [1.29, 1.82) is 0 Å². The van der Waals surface area contributed by atoms with Crippen molar-refractivity contribution >= 4 is 40.6 Å². The average Bonchev–Trinajstić information content (AvgIpc) is 3.38. The third kappa shape index (κ3) is 5.31. The number of halogens is 1. The molecule has 1 aliphatic heterocycles. The first-order valence-corrected chi connectivity index (χ1v) is 12.2. The molecule has 182 valence electrons. The summed E-state index contributed by atoms with van der Waals surface area (Å²) in [5.41, 5.74) is 1.85. The van der Waals surface area contributed by atoms with Crippen molar-refractivity contribution in [1.82, 2.24) is 9.88 Å². The number of benzene rings is 2. The molecule has 0 atom stereocenters. The Morgan fingerprint density at radius 3 is 2.63 bits per heavy atom. The molecule has 2 heterocycles. The fourth-order valence-electron chi connectivity index (χ4n) is 4.09. The molecule has 0 spiro atoms. The lowest BCUT2D eigenvalue weighted by atomic mass is 9.97. The van der Waals surface area contributed by atoms with Crippen molar-refractivity contribution < 1.29 is 19.2 Å². The average molecular weight is 514 g/mol. The molecule has 0 bridgehead atoms. The van der Waals surface area contributed by atoms with Crippen LogP contribution in [0.3, 0.4) is 0 Å². The van der Waals surface area contributed by atoms with E-state index in [1.807, 2.05) is 5.38 Å². The number of para-hydroxylation sites is 1. The maximum atomic E-state index is 12.8. The van der Waals surface area contributed by atoms with Crippen molar-refractivity contribution in [2.45, 2.75) is 18.8 Å². The lowest BCUT2D eigenvalue weighted by Gasteiger charge is -2.30. The van der Waals surface area contributed by atoms with Crippen LogP contribution in [0.25, 0.3) is 17.3 Å². The molecule has 1 saturated heterocycles. The Balaban J connectivity index is 1.39. The minimum Gasteiger partial charge on any atom is -0.493 e. The van der Waals surface area contributed by atoms with Crippen molar-refractivity contribution in [3.63, 3.8) is 0 Å². The Morgan fingerprint density at radius 1 is 1.20 bits per heavy atom. The van der Waals surface area contributed by atoms with Crippen molar-refractivity contribution in [3.8, 4) is 22.8 Å².